The van der Waals surface area contributed by atoms with Crippen LogP contribution in [-0.4, -0.2) is 37.0 Å². The van der Waals surface area contributed by atoms with Gasteiger partial charge in [0.25, 0.3) is 0 Å². The molecule has 86 valence electrons. The van der Waals surface area contributed by atoms with Gasteiger partial charge in [-0.3, -0.25) is 4.79 Å². The zero-order chi connectivity index (χ0) is 11.0. The number of carbonyl (C=O) groups is 1. The molecule has 0 radical (unpaired) electrons. The minimum absolute atomic E-state index is 0.205. The maximum absolute atomic E-state index is 12.2. The predicted octanol–water partition coefficient (Wildman–Crippen LogP) is 1.10. The van der Waals surface area contributed by atoms with Gasteiger partial charge in [0.2, 0.25) is 5.91 Å². The smallest absolute Gasteiger partial charge is 0.227 e. The van der Waals surface area contributed by atoms with Crippen LogP contribution in [0.5, 0.6) is 0 Å². The fraction of sp³-hybridized carbons (Fsp3) is 0.917. The van der Waals surface area contributed by atoms with Gasteiger partial charge in [-0.05, 0) is 38.1 Å². The normalized spacial score (nSPS) is 32.7. The highest BCUT2D eigenvalue weighted by Gasteiger charge is 2.37. The molecule has 0 aromatic carbocycles. The predicted molar refractivity (Wildman–Crippen MR) is 60.5 cm³/mol. The third-order valence-corrected chi connectivity index (χ3v) is 4.10. The number of rotatable bonds is 3. The second kappa shape index (κ2) is 4.12. The fourth-order valence-corrected chi connectivity index (χ4v) is 2.50. The van der Waals surface area contributed by atoms with Gasteiger partial charge in [-0.1, -0.05) is 6.92 Å². The zero-order valence-electron chi connectivity index (χ0n) is 9.99. The highest BCUT2D eigenvalue weighted by atomic mass is 16.2. The Morgan fingerprint density at radius 3 is 2.53 bits per heavy atom. The maximum atomic E-state index is 12.2. The summed E-state index contributed by atoms with van der Waals surface area (Å²) in [5.41, 5.74) is 0. The summed E-state index contributed by atoms with van der Waals surface area (Å²) in [6.45, 7) is 6.20. The van der Waals surface area contributed by atoms with Crippen LogP contribution in [0.1, 0.15) is 26.7 Å². The molecule has 0 aromatic rings. The Balaban J connectivity index is 1.93. The lowest BCUT2D eigenvalue weighted by Gasteiger charge is -2.28. The summed E-state index contributed by atoms with van der Waals surface area (Å²) in [4.78, 5) is 14.2. The van der Waals surface area contributed by atoms with Crippen LogP contribution in [0, 0.1) is 17.8 Å². The van der Waals surface area contributed by atoms with E-state index in [0.717, 1.165) is 19.0 Å². The lowest BCUT2D eigenvalue weighted by Crippen LogP contribution is -2.42. The van der Waals surface area contributed by atoms with Crippen molar-refractivity contribution in [2.24, 2.45) is 17.8 Å². The molecule has 1 saturated carbocycles. The van der Waals surface area contributed by atoms with Crippen LogP contribution in [0.25, 0.3) is 0 Å². The van der Waals surface area contributed by atoms with Crippen molar-refractivity contribution >= 4 is 5.91 Å². The summed E-state index contributed by atoms with van der Waals surface area (Å²) in [6.07, 6.45) is 2.61. The van der Waals surface area contributed by atoms with E-state index >= 15 is 0 Å². The van der Waals surface area contributed by atoms with E-state index in [9.17, 15) is 4.79 Å². The van der Waals surface area contributed by atoms with E-state index in [1.54, 1.807) is 0 Å². The van der Waals surface area contributed by atoms with Crippen LogP contribution >= 0.6 is 0 Å². The summed E-state index contributed by atoms with van der Waals surface area (Å²) < 4.78 is 0. The minimum atomic E-state index is 0.205. The Morgan fingerprint density at radius 1 is 1.40 bits per heavy atom. The van der Waals surface area contributed by atoms with Crippen molar-refractivity contribution in [1.82, 2.24) is 10.2 Å². The number of hydrogen-bond acceptors (Lipinski definition) is 2. The number of nitrogens with zero attached hydrogens (tertiary/aromatic N) is 1. The van der Waals surface area contributed by atoms with Gasteiger partial charge in [0.15, 0.2) is 0 Å². The fourth-order valence-electron chi connectivity index (χ4n) is 2.50. The molecular weight excluding hydrogens is 188 g/mol. The molecule has 1 aliphatic heterocycles. The Kier molecular flexibility index (Phi) is 3.01. The van der Waals surface area contributed by atoms with Crippen molar-refractivity contribution in [3.63, 3.8) is 0 Å². The molecule has 2 rings (SSSR count). The lowest BCUT2D eigenvalue weighted by atomic mass is 9.96. The third kappa shape index (κ3) is 2.17. The Bertz CT molecular complexity index is 250. The topological polar surface area (TPSA) is 32.3 Å². The maximum Gasteiger partial charge on any atom is 0.227 e. The largest absolute Gasteiger partial charge is 0.342 e. The van der Waals surface area contributed by atoms with Crippen molar-refractivity contribution in [2.75, 3.05) is 20.1 Å². The number of carbonyl (C=O) groups excluding carboxylic acids is 1. The van der Waals surface area contributed by atoms with Crippen LogP contribution in [0.2, 0.25) is 0 Å². The molecule has 0 bridgehead atoms. The molecule has 1 aliphatic carbocycles. The average Bonchev–Trinajstić information content (AvgIpc) is 2.98. The van der Waals surface area contributed by atoms with Gasteiger partial charge in [-0.15, -0.1) is 0 Å². The highest BCUT2D eigenvalue weighted by molar-refractivity contribution is 5.79. The van der Waals surface area contributed by atoms with Crippen LogP contribution in [0.4, 0.5) is 0 Å². The average molecular weight is 210 g/mol. The second-order valence-corrected chi connectivity index (χ2v) is 5.27. The molecule has 3 atom stereocenters. The quantitative estimate of drug-likeness (QED) is 0.756. The van der Waals surface area contributed by atoms with E-state index in [1.165, 1.54) is 12.8 Å². The zero-order valence-corrected chi connectivity index (χ0v) is 9.99. The third-order valence-electron chi connectivity index (χ3n) is 4.10. The highest BCUT2D eigenvalue weighted by Crippen LogP contribution is 2.35. The molecule has 0 spiro atoms. The molecule has 3 nitrogen and oxygen atoms in total. The first-order valence-electron chi connectivity index (χ1n) is 6.08. The molecule has 3 heteroatoms. The second-order valence-electron chi connectivity index (χ2n) is 5.27. The molecule has 1 N–H and O–H groups in total. The number of amides is 1. The molecule has 0 aromatic heterocycles. The van der Waals surface area contributed by atoms with Gasteiger partial charge < -0.3 is 10.2 Å². The molecule has 3 unspecified atom stereocenters. The van der Waals surface area contributed by atoms with Gasteiger partial charge in [0.1, 0.15) is 0 Å². The van der Waals surface area contributed by atoms with Crippen molar-refractivity contribution in [1.29, 1.82) is 0 Å². The molecular formula is C12H22N2O. The Hall–Kier alpha value is -0.570. The first kappa shape index (κ1) is 10.9. The molecule has 1 saturated heterocycles. The van der Waals surface area contributed by atoms with E-state index in [-0.39, 0.29) is 5.92 Å². The molecule has 1 heterocycles. The first-order chi connectivity index (χ1) is 7.11. The summed E-state index contributed by atoms with van der Waals surface area (Å²) in [5.74, 6) is 1.80. The summed E-state index contributed by atoms with van der Waals surface area (Å²) in [5, 5.41) is 3.29. The minimum Gasteiger partial charge on any atom is -0.342 e. The van der Waals surface area contributed by atoms with Gasteiger partial charge in [-0.25, -0.2) is 0 Å². The summed E-state index contributed by atoms with van der Waals surface area (Å²) >= 11 is 0. The standard InChI is InChI=1S/C12H22N2O/c1-8-6-13-7-11(8)12(15)14(3)9(2)10-4-5-10/h8-11,13H,4-7H2,1-3H3. The van der Waals surface area contributed by atoms with Gasteiger partial charge >= 0.3 is 0 Å². The number of nitrogens with one attached hydrogen (secondary N) is 1. The molecule has 2 aliphatic rings. The lowest BCUT2D eigenvalue weighted by molar-refractivity contribution is -0.136. The Morgan fingerprint density at radius 2 is 2.07 bits per heavy atom. The van der Waals surface area contributed by atoms with E-state index < -0.39 is 0 Å². The molecule has 1 amide bonds. The monoisotopic (exact) mass is 210 g/mol. The Labute approximate surface area is 92.2 Å². The summed E-state index contributed by atoms with van der Waals surface area (Å²) in [6, 6.07) is 0.435. The van der Waals surface area contributed by atoms with E-state index in [1.807, 2.05) is 11.9 Å². The van der Waals surface area contributed by atoms with Gasteiger partial charge in [0, 0.05) is 19.6 Å². The van der Waals surface area contributed by atoms with Crippen LogP contribution in [0.15, 0.2) is 0 Å². The first-order valence-corrected chi connectivity index (χ1v) is 6.08. The summed E-state index contributed by atoms with van der Waals surface area (Å²) in [7, 11) is 1.97. The van der Waals surface area contributed by atoms with Gasteiger partial charge in [-0.2, -0.15) is 0 Å². The van der Waals surface area contributed by atoms with Crippen molar-refractivity contribution < 1.29 is 4.79 Å². The van der Waals surface area contributed by atoms with Gasteiger partial charge in [0.05, 0.1) is 5.92 Å². The van der Waals surface area contributed by atoms with Crippen LogP contribution < -0.4 is 5.32 Å². The van der Waals surface area contributed by atoms with Crippen molar-refractivity contribution in [2.45, 2.75) is 32.7 Å². The van der Waals surface area contributed by atoms with Crippen LogP contribution in [-0.2, 0) is 4.79 Å². The van der Waals surface area contributed by atoms with E-state index in [2.05, 4.69) is 19.2 Å². The molecule has 15 heavy (non-hydrogen) atoms. The van der Waals surface area contributed by atoms with Crippen molar-refractivity contribution in [3.05, 3.63) is 0 Å². The molecule has 2 fully saturated rings. The SMILES string of the molecule is CC1CNCC1C(=O)N(C)C(C)C1CC1. The van der Waals surface area contributed by atoms with Crippen molar-refractivity contribution in [3.8, 4) is 0 Å². The number of hydrogen-bond donors (Lipinski definition) is 1. The van der Waals surface area contributed by atoms with E-state index in [0.29, 0.717) is 17.9 Å². The van der Waals surface area contributed by atoms with E-state index in [4.69, 9.17) is 0 Å². The van der Waals surface area contributed by atoms with Crippen LogP contribution in [0.3, 0.4) is 0 Å².